The Morgan fingerprint density at radius 2 is 1.32 bits per heavy atom. The first-order valence-corrected chi connectivity index (χ1v) is 31.7. The molecule has 5 aromatic carbocycles. The van der Waals surface area contributed by atoms with Gasteiger partial charge < -0.3 is 63.9 Å². The lowest BCUT2D eigenvalue weighted by molar-refractivity contribution is -0.401. The Morgan fingerprint density at radius 1 is 0.674 bits per heavy atom. The van der Waals surface area contributed by atoms with Gasteiger partial charge in [-0.3, -0.25) is 38.6 Å². The van der Waals surface area contributed by atoms with Crippen LogP contribution in [0.1, 0.15) is 114 Å². The normalized spacial score (nSPS) is 24.6. The molecule has 12 N–H and O–H groups in total. The van der Waals surface area contributed by atoms with Gasteiger partial charge in [-0.15, -0.1) is 0 Å². The molecule has 8 rings (SSSR count). The van der Waals surface area contributed by atoms with E-state index in [0.29, 0.717) is 57.1 Å². The Kier molecular flexibility index (Phi) is 23.4. The molecule has 0 saturated carbocycles. The van der Waals surface area contributed by atoms with Gasteiger partial charge in [-0.05, 0) is 122 Å². The molecule has 2 unspecified atom stereocenters. The molecule has 0 radical (unpaired) electrons. The number of anilines is 1. The van der Waals surface area contributed by atoms with Crippen LogP contribution in [0.3, 0.4) is 0 Å². The highest BCUT2D eigenvalue weighted by atomic mass is 16.4. The van der Waals surface area contributed by atoms with Crippen molar-refractivity contribution in [2.24, 2.45) is 22.2 Å². The van der Waals surface area contributed by atoms with E-state index in [-0.39, 0.29) is 56.9 Å². The van der Waals surface area contributed by atoms with Crippen molar-refractivity contribution in [1.82, 2.24) is 31.9 Å². The number of benzene rings is 5. The fraction of sp³-hybridized carbons (Fsp3) is 0.380. The average molecular weight is 1250 g/mol. The van der Waals surface area contributed by atoms with E-state index in [0.717, 1.165) is 44.3 Å². The van der Waals surface area contributed by atoms with Gasteiger partial charge in [0.15, 0.2) is 11.7 Å². The molecule has 21 nitrogen and oxygen atoms in total. The monoisotopic (exact) mass is 1250 g/mol. The lowest BCUT2D eigenvalue weighted by Crippen LogP contribution is -2.58. The minimum absolute atomic E-state index is 0.0400. The van der Waals surface area contributed by atoms with Crippen molar-refractivity contribution in [3.05, 3.63) is 168 Å². The van der Waals surface area contributed by atoms with Crippen molar-refractivity contribution in [3.8, 4) is 0 Å². The van der Waals surface area contributed by atoms with E-state index in [1.54, 1.807) is 30.3 Å². The van der Waals surface area contributed by atoms with Crippen molar-refractivity contribution < 1.29 is 48.0 Å². The second-order valence-corrected chi connectivity index (χ2v) is 24.1. The summed E-state index contributed by atoms with van der Waals surface area (Å²) in [5.41, 5.74) is 23.2. The maximum absolute atomic E-state index is 14.1. The van der Waals surface area contributed by atoms with Crippen LogP contribution >= 0.6 is 0 Å². The predicted molar refractivity (Wildman–Crippen MR) is 356 cm³/mol. The quantitative estimate of drug-likeness (QED) is 0.0389. The fourth-order valence-corrected chi connectivity index (χ4v) is 13.2. The minimum atomic E-state index is -1.80. The molecule has 3 heterocycles. The molecular formula is C71H86N12O9. The number of allylic oxidation sites excluding steroid dienone is 8. The zero-order valence-corrected chi connectivity index (χ0v) is 52.9. The number of nitrogens with one attached hydrogen (secondary N) is 6. The highest BCUT2D eigenvalue weighted by Gasteiger charge is 2.48. The van der Waals surface area contributed by atoms with Gasteiger partial charge in [0.1, 0.15) is 31.2 Å². The number of carbonyl (C=O) groups excluding carboxylic acids is 8. The van der Waals surface area contributed by atoms with Crippen molar-refractivity contribution in [3.63, 3.8) is 0 Å². The van der Waals surface area contributed by atoms with Crippen LogP contribution < -0.4 is 59.1 Å². The Bertz CT molecular complexity index is 3760. The molecular weight excluding hydrogens is 1160 g/mol. The first-order valence-electron chi connectivity index (χ1n) is 31.7. The van der Waals surface area contributed by atoms with E-state index < -0.39 is 89.4 Å². The number of aliphatic carboxylic acids is 1. The van der Waals surface area contributed by atoms with E-state index in [9.17, 15) is 43.5 Å². The number of amides is 7. The van der Waals surface area contributed by atoms with Crippen molar-refractivity contribution in [2.45, 2.75) is 139 Å². The van der Waals surface area contributed by atoms with Crippen LogP contribution in [0.2, 0.25) is 0 Å². The molecule has 0 saturated heterocycles. The lowest BCUT2D eigenvalue weighted by Gasteiger charge is -2.32. The summed E-state index contributed by atoms with van der Waals surface area (Å²) < 4.78 is 2.24. The zero-order chi connectivity index (χ0) is 66.0. The number of fused-ring (bicyclic) bond motifs is 10. The Morgan fingerprint density at radius 3 is 2.02 bits per heavy atom. The van der Waals surface area contributed by atoms with Crippen LogP contribution in [-0.2, 0) is 55.6 Å². The van der Waals surface area contributed by atoms with Gasteiger partial charge in [-0.2, -0.15) is 4.58 Å². The van der Waals surface area contributed by atoms with Crippen LogP contribution in [0.25, 0.3) is 21.5 Å². The number of hydrogen-bond acceptors (Lipinski definition) is 11. The number of nitrogens with two attached hydrogens (primary N) is 3. The Labute approximate surface area is 537 Å². The molecule has 0 bridgehead atoms. The number of carboxylic acids is 1. The van der Waals surface area contributed by atoms with E-state index >= 15 is 0 Å². The smallest absolute Gasteiger partial charge is 0.243 e. The molecule has 0 aromatic heterocycles. The average Bonchev–Trinajstić information content (AvgIpc) is 1.57. The first-order chi connectivity index (χ1) is 44.2. The van der Waals surface area contributed by atoms with E-state index in [4.69, 9.17) is 17.2 Å². The van der Waals surface area contributed by atoms with Crippen LogP contribution in [0.15, 0.2) is 156 Å². The lowest BCUT2D eigenvalue weighted by atomic mass is 9.71. The van der Waals surface area contributed by atoms with Gasteiger partial charge in [0.2, 0.25) is 47.0 Å². The molecule has 5 aromatic rings. The zero-order valence-electron chi connectivity index (χ0n) is 52.9. The molecule has 6 atom stereocenters. The van der Waals surface area contributed by atoms with Gasteiger partial charge in [0.25, 0.3) is 0 Å². The SMILES string of the molecule is CCC12CCCC(=O)N[C@@H](CCCN=C(N)N)C(=O)NCC(=O)N[C@@H](CC(=O)[O-])C(=O)N[C@H](Cc3ccccc3)C(=O)N[C@H](C(N)=O)CCCCNC(=O)CCCC3(C)C(=[N+](C)c4ccc5ccccc5c43)\C=C/C=C/C=C/C=C/1N(C)c1ccc3ccccc3c12. The second-order valence-electron chi connectivity index (χ2n) is 24.1. The van der Waals surface area contributed by atoms with Gasteiger partial charge in [-0.25, -0.2) is 0 Å². The highest BCUT2D eigenvalue weighted by molar-refractivity contribution is 6.08. The summed E-state index contributed by atoms with van der Waals surface area (Å²) in [6.45, 7) is 4.08. The van der Waals surface area contributed by atoms with Crippen molar-refractivity contribution in [1.29, 1.82) is 0 Å². The maximum atomic E-state index is 14.1. The first kappa shape index (κ1) is 68.0. The Balaban J connectivity index is 1.08. The topological polar surface area (TPSA) is 328 Å². The Hall–Kier alpha value is -9.92. The molecule has 92 heavy (non-hydrogen) atoms. The molecule has 3 aliphatic heterocycles. The molecule has 0 fully saturated rings. The number of aliphatic imine (C=N–C) groups is 1. The number of carboxylic acid groups (broad SMARTS) is 1. The van der Waals surface area contributed by atoms with Crippen LogP contribution in [0.5, 0.6) is 0 Å². The molecule has 0 aliphatic carbocycles. The highest BCUT2D eigenvalue weighted by Crippen LogP contribution is 2.55. The fourth-order valence-electron chi connectivity index (χ4n) is 13.2. The number of nitrogens with zero attached hydrogens (tertiary/aromatic N) is 3. The number of likely N-dealkylation sites (N-methyl/N-ethyl adjacent to an activating group) is 1. The third-order valence-corrected chi connectivity index (χ3v) is 17.8. The molecule has 3 aliphatic rings. The number of primary amides is 1. The summed E-state index contributed by atoms with van der Waals surface area (Å²) in [6.07, 6.45) is 17.8. The van der Waals surface area contributed by atoms with Crippen molar-refractivity contribution >= 4 is 91.9 Å². The van der Waals surface area contributed by atoms with Crippen LogP contribution in [-0.4, -0.2) is 121 Å². The minimum Gasteiger partial charge on any atom is -0.550 e. The summed E-state index contributed by atoms with van der Waals surface area (Å²) >= 11 is 0. The third-order valence-electron chi connectivity index (χ3n) is 17.8. The number of rotatable bonds is 10. The third kappa shape index (κ3) is 16.7. The molecule has 484 valence electrons. The second kappa shape index (κ2) is 31.7. The van der Waals surface area contributed by atoms with Gasteiger partial charge in [0.05, 0.1) is 12.0 Å². The largest absolute Gasteiger partial charge is 0.550 e. The number of hydrogen-bond donors (Lipinski definition) is 9. The van der Waals surface area contributed by atoms with Crippen LogP contribution in [0, 0.1) is 0 Å². The van der Waals surface area contributed by atoms with E-state index in [1.165, 1.54) is 11.1 Å². The molecule has 21 heteroatoms. The summed E-state index contributed by atoms with van der Waals surface area (Å²) in [6, 6.07) is 28.2. The number of guanidine groups is 1. The standard InChI is InChI=1S/C71H86N12O9/c1-5-71-40-21-34-60(85)78-52(30-22-42-76-69(73)74)66(90)77-45-61(86)79-54(44-62(87)88)68(92)81-53(43-46-23-10-9-11-24-46)67(91)80-51(65(72)89)29-18-19-41-75-59(84)33-20-39-70(2)57(82(3)55-37-35-47-25-14-16-27-49(47)63(55)70)31-12-7-6-8-13-32-58(71)83(4)56-38-36-48-26-15-17-28-50(48)64(56)71/h6-17,23-28,31-32,35-38,51-54H,5,18-22,29-30,33-34,39-45H2,1-4H3,(H12-,72,73,74,75,76,77,78,79,80,81,84,85,86,87,88,89,90,91,92)/t51-,52-,53+,54-,70?,71?/m0/s1. The van der Waals surface area contributed by atoms with Crippen molar-refractivity contribution in [2.75, 3.05) is 38.6 Å². The molecule has 0 spiro atoms. The maximum Gasteiger partial charge on any atom is 0.243 e. The summed E-state index contributed by atoms with van der Waals surface area (Å²) in [5.74, 6) is -6.85. The van der Waals surface area contributed by atoms with Gasteiger partial charge in [0, 0.05) is 86.3 Å². The summed E-state index contributed by atoms with van der Waals surface area (Å²) in [4.78, 5) is 114. The van der Waals surface area contributed by atoms with Crippen LogP contribution in [0.4, 0.5) is 11.4 Å². The molecule has 7 amide bonds. The predicted octanol–water partition coefficient (Wildman–Crippen LogP) is 4.95. The van der Waals surface area contributed by atoms with E-state index in [1.807, 2.05) is 48.6 Å². The van der Waals surface area contributed by atoms with Gasteiger partial charge in [-0.1, -0.05) is 122 Å². The summed E-state index contributed by atoms with van der Waals surface area (Å²) in [5, 5.41) is 32.4. The number of carbonyl (C=O) groups is 8. The summed E-state index contributed by atoms with van der Waals surface area (Å²) in [7, 11) is 4.14. The van der Waals surface area contributed by atoms with Gasteiger partial charge >= 0.3 is 0 Å². The van der Waals surface area contributed by atoms with E-state index in [2.05, 4.69) is 141 Å².